The Balaban J connectivity index is 1.44. The Bertz CT molecular complexity index is 685. The van der Waals surface area contributed by atoms with Crippen molar-refractivity contribution in [2.45, 2.75) is 0 Å². The summed E-state index contributed by atoms with van der Waals surface area (Å²) in [7, 11) is 0. The van der Waals surface area contributed by atoms with E-state index in [1.54, 1.807) is 0 Å². The van der Waals surface area contributed by atoms with Gasteiger partial charge in [0.15, 0.2) is 11.6 Å². The Morgan fingerprint density at radius 2 is 2.08 bits per heavy atom. The van der Waals surface area contributed by atoms with Gasteiger partial charge in [0.2, 0.25) is 0 Å². The average Bonchev–Trinajstić information content (AvgIpc) is 3.08. The Kier molecular flexibility index (Phi) is 6.15. The number of nitrogens with one attached hydrogen (secondary N) is 2. The molecular formula is C16H19F2N6O. The first-order valence-corrected chi connectivity index (χ1v) is 8.05. The van der Waals surface area contributed by atoms with Crippen molar-refractivity contribution in [3.63, 3.8) is 0 Å². The summed E-state index contributed by atoms with van der Waals surface area (Å²) in [5.41, 5.74) is 4.06. The van der Waals surface area contributed by atoms with Gasteiger partial charge in [-0.05, 0) is 12.1 Å². The van der Waals surface area contributed by atoms with Crippen LogP contribution in [-0.4, -0.2) is 68.5 Å². The molecule has 0 unspecified atom stereocenters. The van der Waals surface area contributed by atoms with Crippen LogP contribution in [0.25, 0.3) is 0 Å². The minimum Gasteiger partial charge on any atom is -0.379 e. The summed E-state index contributed by atoms with van der Waals surface area (Å²) in [6.07, 6.45) is 2.67. The average molecular weight is 349 g/mol. The first kappa shape index (κ1) is 17.6. The van der Waals surface area contributed by atoms with Crippen molar-refractivity contribution >= 4 is 23.3 Å². The van der Waals surface area contributed by atoms with Gasteiger partial charge in [-0.3, -0.25) is 10.3 Å². The highest BCUT2D eigenvalue weighted by Crippen LogP contribution is 2.13. The van der Waals surface area contributed by atoms with Gasteiger partial charge in [0.1, 0.15) is 17.6 Å². The van der Waals surface area contributed by atoms with Crippen LogP contribution in [0.2, 0.25) is 0 Å². The van der Waals surface area contributed by atoms with Crippen LogP contribution in [0.5, 0.6) is 0 Å². The smallest absolute Gasteiger partial charge is 0.160 e. The molecule has 7 nitrogen and oxygen atoms in total. The van der Waals surface area contributed by atoms with E-state index in [1.165, 1.54) is 6.07 Å². The third kappa shape index (κ3) is 5.12. The molecule has 0 aromatic heterocycles. The standard InChI is InChI=1S/C16H19F2N6O/c17-13-2-1-12(9-14(13)18)21-23-16-11-20-22-15(16)10-19-3-4-24-5-7-25-8-6-24/h1-2,9,19,21H,3-8,10H2/b23-16-. The molecule has 1 aromatic carbocycles. The third-order valence-electron chi connectivity index (χ3n) is 3.82. The normalized spacial score (nSPS) is 19.4. The summed E-state index contributed by atoms with van der Waals surface area (Å²) in [5, 5.41) is 15.1. The van der Waals surface area contributed by atoms with Crippen LogP contribution in [-0.2, 0) is 4.74 Å². The zero-order chi connectivity index (χ0) is 17.5. The van der Waals surface area contributed by atoms with Gasteiger partial charge >= 0.3 is 0 Å². The zero-order valence-electron chi connectivity index (χ0n) is 13.6. The molecule has 1 saturated heterocycles. The van der Waals surface area contributed by atoms with Crippen molar-refractivity contribution in [3.05, 3.63) is 29.8 Å². The second-order valence-electron chi connectivity index (χ2n) is 5.59. The second kappa shape index (κ2) is 8.75. The summed E-state index contributed by atoms with van der Waals surface area (Å²) in [4.78, 5) is 2.33. The van der Waals surface area contributed by atoms with Crippen LogP contribution in [0.4, 0.5) is 14.5 Å². The summed E-state index contributed by atoms with van der Waals surface area (Å²) in [5.74, 6) is -1.84. The molecular weight excluding hydrogens is 330 g/mol. The Morgan fingerprint density at radius 1 is 1.24 bits per heavy atom. The molecule has 25 heavy (non-hydrogen) atoms. The topological polar surface area (TPSA) is 73.6 Å². The van der Waals surface area contributed by atoms with Crippen molar-refractivity contribution in [2.75, 3.05) is 51.4 Å². The fourth-order valence-corrected chi connectivity index (χ4v) is 2.41. The minimum atomic E-state index is -0.937. The monoisotopic (exact) mass is 349 g/mol. The van der Waals surface area contributed by atoms with E-state index in [-0.39, 0.29) is 0 Å². The van der Waals surface area contributed by atoms with E-state index in [9.17, 15) is 8.78 Å². The van der Waals surface area contributed by atoms with Gasteiger partial charge in [0.25, 0.3) is 0 Å². The zero-order valence-corrected chi connectivity index (χ0v) is 13.6. The van der Waals surface area contributed by atoms with Gasteiger partial charge in [-0.25, -0.2) is 8.78 Å². The highest BCUT2D eigenvalue weighted by atomic mass is 19.2. The molecule has 0 amide bonds. The highest BCUT2D eigenvalue weighted by molar-refractivity contribution is 6.64. The highest BCUT2D eigenvalue weighted by Gasteiger charge is 2.14. The number of ether oxygens (including phenoxy) is 1. The summed E-state index contributed by atoms with van der Waals surface area (Å²) >= 11 is 0. The van der Waals surface area contributed by atoms with Crippen LogP contribution < -0.4 is 10.7 Å². The molecule has 0 atom stereocenters. The molecule has 2 heterocycles. The lowest BCUT2D eigenvalue weighted by Crippen LogP contribution is -2.41. The molecule has 1 aromatic rings. The van der Waals surface area contributed by atoms with Crippen LogP contribution in [0.1, 0.15) is 0 Å². The minimum absolute atomic E-state index is 0.333. The molecule has 9 heteroatoms. The molecule has 0 bridgehead atoms. The fraction of sp³-hybridized carbons (Fsp3) is 0.438. The number of rotatable bonds is 7. The lowest BCUT2D eigenvalue weighted by Gasteiger charge is -2.26. The van der Waals surface area contributed by atoms with E-state index < -0.39 is 11.6 Å². The first-order valence-electron chi connectivity index (χ1n) is 8.05. The molecule has 0 saturated carbocycles. The predicted octanol–water partition coefficient (Wildman–Crippen LogP) is 0.972. The molecule has 2 N–H and O–H groups in total. The molecule has 0 spiro atoms. The number of morpholine rings is 1. The number of benzene rings is 1. The van der Waals surface area contributed by atoms with E-state index in [2.05, 4.69) is 37.2 Å². The van der Waals surface area contributed by atoms with Crippen molar-refractivity contribution in [3.8, 4) is 0 Å². The van der Waals surface area contributed by atoms with Crippen molar-refractivity contribution in [1.29, 1.82) is 0 Å². The summed E-state index contributed by atoms with van der Waals surface area (Å²) < 4.78 is 31.4. The van der Waals surface area contributed by atoms with Crippen molar-refractivity contribution in [1.82, 2.24) is 10.2 Å². The molecule has 1 fully saturated rings. The first-order chi connectivity index (χ1) is 12.2. The van der Waals surface area contributed by atoms with Gasteiger partial charge in [-0.15, -0.1) is 5.10 Å². The SMILES string of the molecule is Fc1ccc(N/N=C2/[C]=NN=C2CNCCN2CCOCC2)cc1F. The number of anilines is 1. The predicted molar refractivity (Wildman–Crippen MR) is 92.4 cm³/mol. The van der Waals surface area contributed by atoms with E-state index in [0.29, 0.717) is 23.7 Å². The van der Waals surface area contributed by atoms with Gasteiger partial charge < -0.3 is 10.1 Å². The van der Waals surface area contributed by atoms with E-state index in [4.69, 9.17) is 4.74 Å². The van der Waals surface area contributed by atoms with Crippen LogP contribution >= 0.6 is 0 Å². The van der Waals surface area contributed by atoms with Gasteiger partial charge in [0.05, 0.1) is 18.9 Å². The maximum atomic E-state index is 13.2. The van der Waals surface area contributed by atoms with Gasteiger partial charge in [-0.2, -0.15) is 10.2 Å². The second-order valence-corrected chi connectivity index (χ2v) is 5.59. The Hall–Kier alpha value is -2.23. The van der Waals surface area contributed by atoms with E-state index >= 15 is 0 Å². The number of halogens is 2. The third-order valence-corrected chi connectivity index (χ3v) is 3.82. The summed E-state index contributed by atoms with van der Waals surface area (Å²) in [6.45, 7) is 5.70. The molecule has 1 radical (unpaired) electrons. The molecule has 0 aliphatic carbocycles. The number of hydrazone groups is 1. The van der Waals surface area contributed by atoms with Crippen LogP contribution in [0.3, 0.4) is 0 Å². The fourth-order valence-electron chi connectivity index (χ4n) is 2.41. The largest absolute Gasteiger partial charge is 0.379 e. The lowest BCUT2D eigenvalue weighted by molar-refractivity contribution is 0.0386. The van der Waals surface area contributed by atoms with Crippen LogP contribution in [0.15, 0.2) is 33.5 Å². The van der Waals surface area contributed by atoms with Gasteiger partial charge in [-0.1, -0.05) is 0 Å². The molecule has 3 rings (SSSR count). The lowest BCUT2D eigenvalue weighted by atomic mass is 10.2. The molecule has 2 aliphatic heterocycles. The molecule has 133 valence electrons. The number of hydrogen-bond acceptors (Lipinski definition) is 7. The van der Waals surface area contributed by atoms with Crippen molar-refractivity contribution in [2.24, 2.45) is 15.3 Å². The Labute approximate surface area is 144 Å². The van der Waals surface area contributed by atoms with Gasteiger partial charge in [0, 0.05) is 38.8 Å². The molecule has 2 aliphatic rings. The van der Waals surface area contributed by atoms with Crippen molar-refractivity contribution < 1.29 is 13.5 Å². The number of nitrogens with zero attached hydrogens (tertiary/aromatic N) is 4. The number of hydrogen-bond donors (Lipinski definition) is 2. The van der Waals surface area contributed by atoms with E-state index in [1.807, 2.05) is 0 Å². The quantitative estimate of drug-likeness (QED) is 0.568. The Morgan fingerprint density at radius 3 is 2.88 bits per heavy atom. The maximum absolute atomic E-state index is 13.2. The van der Waals surface area contributed by atoms with Crippen LogP contribution in [0, 0.1) is 11.6 Å². The van der Waals surface area contributed by atoms with E-state index in [0.717, 1.165) is 51.5 Å². The maximum Gasteiger partial charge on any atom is 0.160 e. The summed E-state index contributed by atoms with van der Waals surface area (Å²) in [6, 6.07) is 3.46.